The van der Waals surface area contributed by atoms with Gasteiger partial charge in [-0.05, 0) is 42.7 Å². The molecule has 1 aromatic rings. The number of aryl methyl sites for hydroxylation is 2. The molecule has 1 aromatic carbocycles. The molecular formula is C18H26N2O3. The van der Waals surface area contributed by atoms with Gasteiger partial charge in [0.1, 0.15) is 0 Å². The van der Waals surface area contributed by atoms with Crippen LogP contribution in [0.1, 0.15) is 37.8 Å². The minimum atomic E-state index is -0.567. The number of amides is 2. The van der Waals surface area contributed by atoms with Gasteiger partial charge in [0.25, 0.3) is 0 Å². The molecule has 23 heavy (non-hydrogen) atoms. The largest absolute Gasteiger partial charge is 0.396 e. The van der Waals surface area contributed by atoms with E-state index in [-0.39, 0.29) is 12.5 Å². The second-order valence-electron chi connectivity index (χ2n) is 6.03. The number of benzene rings is 1. The van der Waals surface area contributed by atoms with Crippen LogP contribution in [0.25, 0.3) is 0 Å². The van der Waals surface area contributed by atoms with Crippen LogP contribution in [0.15, 0.2) is 18.2 Å². The molecule has 5 nitrogen and oxygen atoms in total. The van der Waals surface area contributed by atoms with Crippen LogP contribution in [-0.4, -0.2) is 41.5 Å². The van der Waals surface area contributed by atoms with E-state index in [2.05, 4.69) is 5.32 Å². The fourth-order valence-corrected chi connectivity index (χ4v) is 3.03. The van der Waals surface area contributed by atoms with E-state index in [0.29, 0.717) is 13.1 Å². The van der Waals surface area contributed by atoms with Gasteiger partial charge in [-0.2, -0.15) is 0 Å². The molecule has 1 aliphatic heterocycles. The Balaban J connectivity index is 2.06. The molecule has 0 atom stereocenters. The fraction of sp³-hybridized carbons (Fsp3) is 0.556. The number of aliphatic hydroxyl groups is 1. The van der Waals surface area contributed by atoms with Crippen molar-refractivity contribution in [3.05, 3.63) is 29.3 Å². The first-order chi connectivity index (χ1) is 11.1. The fourth-order valence-electron chi connectivity index (χ4n) is 3.03. The predicted molar refractivity (Wildman–Crippen MR) is 90.2 cm³/mol. The molecule has 2 N–H and O–H groups in total. The van der Waals surface area contributed by atoms with Gasteiger partial charge in [-0.1, -0.05) is 32.0 Å². The van der Waals surface area contributed by atoms with Gasteiger partial charge in [0, 0.05) is 25.4 Å². The molecule has 0 bridgehead atoms. The number of likely N-dealkylation sites (tertiary alicyclic amines) is 1. The summed E-state index contributed by atoms with van der Waals surface area (Å²) < 4.78 is 0. The molecule has 1 heterocycles. The van der Waals surface area contributed by atoms with Gasteiger partial charge in [0.15, 0.2) is 0 Å². The molecular weight excluding hydrogens is 292 g/mol. The summed E-state index contributed by atoms with van der Waals surface area (Å²) >= 11 is 0. The summed E-state index contributed by atoms with van der Waals surface area (Å²) in [5.74, 6) is -0.799. The average Bonchev–Trinajstić information content (AvgIpc) is 2.61. The number of carbonyl (C=O) groups is 2. The van der Waals surface area contributed by atoms with Gasteiger partial charge < -0.3 is 15.3 Å². The normalized spacial score (nSPS) is 15.5. The average molecular weight is 318 g/mol. The quantitative estimate of drug-likeness (QED) is 0.834. The number of anilines is 1. The standard InChI is InChI=1S/C18H26N2O3/c1-3-14-6-5-7-15(4-2)16(14)19-17(22)18(23)20-10-8-13(12-21)9-11-20/h5-7,13,21H,3-4,8-12H2,1-2H3,(H,19,22). The lowest BCUT2D eigenvalue weighted by molar-refractivity contribution is -0.144. The number of nitrogens with one attached hydrogen (secondary N) is 1. The zero-order valence-corrected chi connectivity index (χ0v) is 14.0. The molecule has 0 radical (unpaired) electrons. The summed E-state index contributed by atoms with van der Waals surface area (Å²) in [4.78, 5) is 26.3. The van der Waals surface area contributed by atoms with Crippen LogP contribution in [0, 0.1) is 5.92 Å². The summed E-state index contributed by atoms with van der Waals surface area (Å²) in [6.45, 7) is 5.29. The number of para-hydroxylation sites is 1. The van der Waals surface area contributed by atoms with Crippen molar-refractivity contribution >= 4 is 17.5 Å². The van der Waals surface area contributed by atoms with Gasteiger partial charge in [0.05, 0.1) is 0 Å². The van der Waals surface area contributed by atoms with Crippen molar-refractivity contribution in [2.75, 3.05) is 25.0 Å². The molecule has 0 saturated carbocycles. The first-order valence-corrected chi connectivity index (χ1v) is 8.42. The summed E-state index contributed by atoms with van der Waals surface area (Å²) in [6.07, 6.45) is 3.11. The topological polar surface area (TPSA) is 69.6 Å². The summed E-state index contributed by atoms with van der Waals surface area (Å²) in [6, 6.07) is 5.94. The van der Waals surface area contributed by atoms with Crippen molar-refractivity contribution in [3.63, 3.8) is 0 Å². The lowest BCUT2D eigenvalue weighted by atomic mass is 9.98. The van der Waals surface area contributed by atoms with Gasteiger partial charge in [-0.15, -0.1) is 0 Å². The van der Waals surface area contributed by atoms with Crippen molar-refractivity contribution in [1.82, 2.24) is 4.90 Å². The van der Waals surface area contributed by atoms with Crippen LogP contribution in [0.3, 0.4) is 0 Å². The van der Waals surface area contributed by atoms with Gasteiger partial charge in [-0.3, -0.25) is 9.59 Å². The maximum Gasteiger partial charge on any atom is 0.313 e. The monoisotopic (exact) mass is 318 g/mol. The number of hydrogen-bond donors (Lipinski definition) is 2. The first-order valence-electron chi connectivity index (χ1n) is 8.42. The summed E-state index contributed by atoms with van der Waals surface area (Å²) in [7, 11) is 0. The molecule has 1 saturated heterocycles. The van der Waals surface area contributed by atoms with Gasteiger partial charge >= 0.3 is 11.8 Å². The number of rotatable bonds is 4. The van der Waals surface area contributed by atoms with E-state index in [1.54, 1.807) is 4.90 Å². The minimum Gasteiger partial charge on any atom is -0.396 e. The Morgan fingerprint density at radius 1 is 1.17 bits per heavy atom. The Bertz CT molecular complexity index is 541. The second kappa shape index (κ2) is 8.11. The van der Waals surface area contributed by atoms with E-state index in [9.17, 15) is 9.59 Å². The zero-order chi connectivity index (χ0) is 16.8. The van der Waals surface area contributed by atoms with Crippen LogP contribution in [0.2, 0.25) is 0 Å². The lowest BCUT2D eigenvalue weighted by Gasteiger charge is -2.30. The Morgan fingerprint density at radius 3 is 2.22 bits per heavy atom. The van der Waals surface area contributed by atoms with Crippen LogP contribution in [0.4, 0.5) is 5.69 Å². The van der Waals surface area contributed by atoms with Crippen molar-refractivity contribution in [1.29, 1.82) is 0 Å². The third kappa shape index (κ3) is 4.10. The summed E-state index contributed by atoms with van der Waals surface area (Å²) in [5.41, 5.74) is 2.87. The zero-order valence-electron chi connectivity index (χ0n) is 14.0. The maximum absolute atomic E-state index is 12.3. The molecule has 0 spiro atoms. The Hall–Kier alpha value is -1.88. The van der Waals surface area contributed by atoms with Crippen LogP contribution < -0.4 is 5.32 Å². The van der Waals surface area contributed by atoms with Crippen molar-refractivity contribution in [2.45, 2.75) is 39.5 Å². The number of nitrogens with zero attached hydrogens (tertiary/aromatic N) is 1. The third-order valence-electron chi connectivity index (χ3n) is 4.59. The highest BCUT2D eigenvalue weighted by Crippen LogP contribution is 2.23. The molecule has 2 rings (SSSR count). The van der Waals surface area contributed by atoms with E-state index in [0.717, 1.165) is 42.5 Å². The number of carbonyl (C=O) groups excluding carboxylic acids is 2. The van der Waals surface area contributed by atoms with Gasteiger partial charge in [0.2, 0.25) is 0 Å². The highest BCUT2D eigenvalue weighted by Gasteiger charge is 2.27. The van der Waals surface area contributed by atoms with E-state index < -0.39 is 11.8 Å². The number of hydrogen-bond acceptors (Lipinski definition) is 3. The smallest absolute Gasteiger partial charge is 0.313 e. The van der Waals surface area contributed by atoms with E-state index in [1.165, 1.54) is 0 Å². The highest BCUT2D eigenvalue weighted by molar-refractivity contribution is 6.39. The number of aliphatic hydroxyl groups excluding tert-OH is 1. The molecule has 1 fully saturated rings. The molecule has 2 amide bonds. The Morgan fingerprint density at radius 2 is 1.74 bits per heavy atom. The molecule has 1 aliphatic rings. The second-order valence-corrected chi connectivity index (χ2v) is 6.03. The summed E-state index contributed by atoms with van der Waals surface area (Å²) in [5, 5.41) is 12.0. The van der Waals surface area contributed by atoms with Gasteiger partial charge in [-0.25, -0.2) is 0 Å². The molecule has 0 aliphatic carbocycles. The maximum atomic E-state index is 12.3. The van der Waals surface area contributed by atoms with Crippen LogP contribution >= 0.6 is 0 Å². The molecule has 0 unspecified atom stereocenters. The van der Waals surface area contributed by atoms with E-state index in [4.69, 9.17) is 5.11 Å². The van der Waals surface area contributed by atoms with Crippen LogP contribution in [0.5, 0.6) is 0 Å². The lowest BCUT2D eigenvalue weighted by Crippen LogP contribution is -2.44. The third-order valence-corrected chi connectivity index (χ3v) is 4.59. The van der Waals surface area contributed by atoms with Crippen LogP contribution in [-0.2, 0) is 22.4 Å². The van der Waals surface area contributed by atoms with Crippen molar-refractivity contribution < 1.29 is 14.7 Å². The van der Waals surface area contributed by atoms with E-state index >= 15 is 0 Å². The highest BCUT2D eigenvalue weighted by atomic mass is 16.3. The van der Waals surface area contributed by atoms with Crippen molar-refractivity contribution in [3.8, 4) is 0 Å². The SMILES string of the molecule is CCc1cccc(CC)c1NC(=O)C(=O)N1CCC(CO)CC1. The number of piperidine rings is 1. The first kappa shape index (κ1) is 17.5. The molecule has 0 aromatic heterocycles. The Labute approximate surface area is 137 Å². The molecule has 5 heteroatoms. The Kier molecular flexibility index (Phi) is 6.16. The predicted octanol–water partition coefficient (Wildman–Crippen LogP) is 1.98. The van der Waals surface area contributed by atoms with E-state index in [1.807, 2.05) is 32.0 Å². The van der Waals surface area contributed by atoms with Crippen molar-refractivity contribution in [2.24, 2.45) is 5.92 Å². The minimum absolute atomic E-state index is 0.151. The molecule has 126 valence electrons.